The minimum Gasteiger partial charge on any atom is -0.341 e. The number of alkyl halides is 3. The molecule has 12 heteroatoms. The first-order valence-electron chi connectivity index (χ1n) is 9.06. The van der Waals surface area contributed by atoms with E-state index in [1.165, 1.54) is 30.0 Å². The van der Waals surface area contributed by atoms with Gasteiger partial charge in [-0.05, 0) is 38.0 Å². The van der Waals surface area contributed by atoms with Gasteiger partial charge in [-0.25, -0.2) is 4.39 Å². The van der Waals surface area contributed by atoms with Crippen molar-refractivity contribution < 1.29 is 36.4 Å². The van der Waals surface area contributed by atoms with Crippen molar-refractivity contribution in [2.75, 3.05) is 13.1 Å². The van der Waals surface area contributed by atoms with E-state index in [0.29, 0.717) is 0 Å². The van der Waals surface area contributed by atoms with Crippen LogP contribution in [-0.2, 0) is 9.53 Å². The van der Waals surface area contributed by atoms with Gasteiger partial charge in [-0.1, -0.05) is 11.2 Å². The van der Waals surface area contributed by atoms with Crippen molar-refractivity contribution in [1.29, 1.82) is 0 Å². The minimum atomic E-state index is -4.72. The summed E-state index contributed by atoms with van der Waals surface area (Å²) in [6.07, 6.45) is -5.64. The zero-order valence-corrected chi connectivity index (χ0v) is 15.8. The number of hydrogen-bond acceptors (Lipinski definition) is 6. The molecule has 1 aromatic carbocycles. The SMILES string of the molecule is C[C@H](NC(=O)c1noc(-c2cccc(F)c2)n1)C(=O)N1CCC(OC(F)(F)F)CC1. The Bertz CT molecular complexity index is 910. The second kappa shape index (κ2) is 8.78. The smallest absolute Gasteiger partial charge is 0.341 e. The summed E-state index contributed by atoms with van der Waals surface area (Å²) in [5, 5.41) is 5.94. The first kappa shape index (κ1) is 21.7. The predicted octanol–water partition coefficient (Wildman–Crippen LogP) is 2.52. The normalized spacial score (nSPS) is 16.4. The molecule has 1 N–H and O–H groups in total. The van der Waals surface area contributed by atoms with Crippen LogP contribution in [0, 0.1) is 5.82 Å². The van der Waals surface area contributed by atoms with E-state index in [9.17, 15) is 27.2 Å². The van der Waals surface area contributed by atoms with Crippen molar-refractivity contribution >= 4 is 11.8 Å². The molecule has 1 saturated heterocycles. The van der Waals surface area contributed by atoms with Gasteiger partial charge in [0, 0.05) is 18.7 Å². The Kier molecular flexibility index (Phi) is 6.34. The second-order valence-corrected chi connectivity index (χ2v) is 6.72. The van der Waals surface area contributed by atoms with Crippen molar-refractivity contribution in [3.8, 4) is 11.5 Å². The quantitative estimate of drug-likeness (QED) is 0.733. The summed E-state index contributed by atoms with van der Waals surface area (Å²) < 4.78 is 59.0. The van der Waals surface area contributed by atoms with Crippen molar-refractivity contribution in [2.24, 2.45) is 0 Å². The number of halogens is 4. The molecule has 3 rings (SSSR count). The fraction of sp³-hybridized carbons (Fsp3) is 0.444. The standard InChI is InChI=1S/C18H18F4N4O4/c1-10(17(28)26-7-5-13(6-8-26)29-18(20,21)22)23-15(27)14-24-16(30-25-14)11-3-2-4-12(19)9-11/h2-4,9-10,13H,5-8H2,1H3,(H,23,27)/t10-/m0/s1. The molecule has 8 nitrogen and oxygen atoms in total. The molecular weight excluding hydrogens is 412 g/mol. The van der Waals surface area contributed by atoms with Crippen LogP contribution in [0.2, 0.25) is 0 Å². The number of carbonyl (C=O) groups is 2. The molecule has 0 radical (unpaired) electrons. The van der Waals surface area contributed by atoms with E-state index in [1.54, 1.807) is 0 Å². The Hall–Kier alpha value is -3.02. The van der Waals surface area contributed by atoms with Crippen molar-refractivity contribution in [3.05, 3.63) is 35.9 Å². The molecule has 2 aromatic rings. The van der Waals surface area contributed by atoms with Crippen LogP contribution in [0.1, 0.15) is 30.4 Å². The highest BCUT2D eigenvalue weighted by Crippen LogP contribution is 2.24. The number of ether oxygens (including phenoxy) is 1. The first-order chi connectivity index (χ1) is 14.1. The largest absolute Gasteiger partial charge is 0.522 e. The number of aromatic nitrogens is 2. The lowest BCUT2D eigenvalue weighted by atomic mass is 10.1. The molecular formula is C18H18F4N4O4. The maximum absolute atomic E-state index is 13.3. The molecule has 30 heavy (non-hydrogen) atoms. The first-order valence-corrected chi connectivity index (χ1v) is 9.06. The zero-order chi connectivity index (χ0) is 21.9. The molecule has 0 unspecified atom stereocenters. The number of benzene rings is 1. The Morgan fingerprint density at radius 3 is 2.63 bits per heavy atom. The monoisotopic (exact) mass is 430 g/mol. The predicted molar refractivity (Wildman–Crippen MR) is 93.4 cm³/mol. The zero-order valence-electron chi connectivity index (χ0n) is 15.8. The highest BCUT2D eigenvalue weighted by Gasteiger charge is 2.36. The van der Waals surface area contributed by atoms with Gasteiger partial charge in [0.25, 0.3) is 17.6 Å². The summed E-state index contributed by atoms with van der Waals surface area (Å²) in [7, 11) is 0. The van der Waals surface area contributed by atoms with Crippen LogP contribution in [0.25, 0.3) is 11.5 Å². The number of nitrogens with zero attached hydrogens (tertiary/aromatic N) is 3. The molecule has 0 bridgehead atoms. The van der Waals surface area contributed by atoms with E-state index < -0.39 is 36.1 Å². The summed E-state index contributed by atoms with van der Waals surface area (Å²) in [6.45, 7) is 1.59. The molecule has 0 spiro atoms. The van der Waals surface area contributed by atoms with Gasteiger partial charge in [0.1, 0.15) is 11.9 Å². The lowest BCUT2D eigenvalue weighted by Crippen LogP contribution is -2.50. The fourth-order valence-electron chi connectivity index (χ4n) is 3.03. The van der Waals surface area contributed by atoms with Crippen LogP contribution < -0.4 is 5.32 Å². The second-order valence-electron chi connectivity index (χ2n) is 6.72. The molecule has 2 amide bonds. The molecule has 0 saturated carbocycles. The number of likely N-dealkylation sites (tertiary alicyclic amines) is 1. The Morgan fingerprint density at radius 2 is 2.00 bits per heavy atom. The van der Waals surface area contributed by atoms with Crippen LogP contribution >= 0.6 is 0 Å². The van der Waals surface area contributed by atoms with E-state index in [4.69, 9.17) is 4.52 Å². The number of hydrogen-bond donors (Lipinski definition) is 1. The molecule has 0 aliphatic carbocycles. The summed E-state index contributed by atoms with van der Waals surface area (Å²) in [5.41, 5.74) is 0.287. The molecule has 1 fully saturated rings. The van der Waals surface area contributed by atoms with Crippen LogP contribution in [0.5, 0.6) is 0 Å². The number of piperidine rings is 1. The summed E-state index contributed by atoms with van der Waals surface area (Å²) in [4.78, 5) is 30.0. The average Bonchev–Trinajstić information content (AvgIpc) is 3.17. The van der Waals surface area contributed by atoms with Gasteiger partial charge in [0.05, 0.1) is 6.10 Å². The van der Waals surface area contributed by atoms with E-state index in [-0.39, 0.29) is 43.2 Å². The lowest BCUT2D eigenvalue weighted by Gasteiger charge is -2.33. The number of nitrogens with one attached hydrogen (secondary N) is 1. The Morgan fingerprint density at radius 1 is 1.30 bits per heavy atom. The van der Waals surface area contributed by atoms with E-state index >= 15 is 0 Å². The van der Waals surface area contributed by atoms with Gasteiger partial charge >= 0.3 is 6.36 Å². The van der Waals surface area contributed by atoms with Gasteiger partial charge in [0.15, 0.2) is 0 Å². The highest BCUT2D eigenvalue weighted by molar-refractivity contribution is 5.94. The molecule has 1 aromatic heterocycles. The van der Waals surface area contributed by atoms with Gasteiger partial charge < -0.3 is 14.7 Å². The van der Waals surface area contributed by atoms with Crippen molar-refractivity contribution in [3.63, 3.8) is 0 Å². The fourth-order valence-corrected chi connectivity index (χ4v) is 3.03. The molecule has 162 valence electrons. The Labute approximate surface area is 168 Å². The highest BCUT2D eigenvalue weighted by atomic mass is 19.4. The van der Waals surface area contributed by atoms with Crippen molar-refractivity contribution in [1.82, 2.24) is 20.4 Å². The van der Waals surface area contributed by atoms with E-state index in [0.717, 1.165) is 6.07 Å². The molecule has 2 heterocycles. The number of rotatable bonds is 5. The molecule has 1 aliphatic heterocycles. The number of carbonyl (C=O) groups excluding carboxylic acids is 2. The van der Waals surface area contributed by atoms with Gasteiger partial charge in [-0.2, -0.15) is 4.98 Å². The third-order valence-corrected chi connectivity index (χ3v) is 4.47. The molecule has 1 aliphatic rings. The maximum atomic E-state index is 13.3. The van der Waals surface area contributed by atoms with Gasteiger partial charge in [0.2, 0.25) is 5.91 Å². The summed E-state index contributed by atoms with van der Waals surface area (Å²) in [6, 6.07) is 4.40. The van der Waals surface area contributed by atoms with Gasteiger partial charge in [-0.15, -0.1) is 13.2 Å². The van der Waals surface area contributed by atoms with E-state index in [1.807, 2.05) is 0 Å². The van der Waals surface area contributed by atoms with Crippen LogP contribution in [0.4, 0.5) is 17.6 Å². The minimum absolute atomic E-state index is 0.0355. The van der Waals surface area contributed by atoms with E-state index in [2.05, 4.69) is 20.2 Å². The van der Waals surface area contributed by atoms with Crippen LogP contribution in [0.3, 0.4) is 0 Å². The van der Waals surface area contributed by atoms with Crippen LogP contribution in [0.15, 0.2) is 28.8 Å². The summed E-state index contributed by atoms with van der Waals surface area (Å²) in [5.74, 6) is -2.16. The topological polar surface area (TPSA) is 97.6 Å². The summed E-state index contributed by atoms with van der Waals surface area (Å²) >= 11 is 0. The third kappa shape index (κ3) is 5.53. The van der Waals surface area contributed by atoms with Gasteiger partial charge in [-0.3, -0.25) is 14.3 Å². The molecule has 1 atom stereocenters. The number of amides is 2. The van der Waals surface area contributed by atoms with Crippen LogP contribution in [-0.4, -0.2) is 58.5 Å². The third-order valence-electron chi connectivity index (χ3n) is 4.47. The average molecular weight is 430 g/mol. The Balaban J connectivity index is 1.54. The maximum Gasteiger partial charge on any atom is 0.522 e. The lowest BCUT2D eigenvalue weighted by molar-refractivity contribution is -0.345. The van der Waals surface area contributed by atoms with Crippen molar-refractivity contribution in [2.45, 2.75) is 38.3 Å².